The topological polar surface area (TPSA) is 112 Å². The molecular formula is C29H42FN5O4S2. The van der Waals surface area contributed by atoms with E-state index in [2.05, 4.69) is 25.4 Å². The van der Waals surface area contributed by atoms with E-state index in [0.717, 1.165) is 68.8 Å². The SMILES string of the molecule is CCS(=O)(=O)CCN1CC[C@@H](CN2CCCC(Cc3ccc(F)cc3)C2)[C@@H](NC(=O)Nc2nc(C)c(C(C)=O)s2)C1. The lowest BCUT2D eigenvalue weighted by molar-refractivity contribution is 0.0925. The Balaban J connectivity index is 1.40. The number of hydrogen-bond donors (Lipinski definition) is 2. The Labute approximate surface area is 246 Å². The van der Waals surface area contributed by atoms with E-state index in [4.69, 9.17) is 0 Å². The summed E-state index contributed by atoms with van der Waals surface area (Å²) in [5.74, 6) is 0.623. The summed E-state index contributed by atoms with van der Waals surface area (Å²) in [4.78, 5) is 34.3. The molecule has 1 unspecified atom stereocenters. The van der Waals surface area contributed by atoms with E-state index < -0.39 is 9.84 Å². The summed E-state index contributed by atoms with van der Waals surface area (Å²) < 4.78 is 37.6. The Kier molecular flexibility index (Phi) is 10.9. The summed E-state index contributed by atoms with van der Waals surface area (Å²) >= 11 is 1.16. The Hall–Kier alpha value is -2.41. The van der Waals surface area contributed by atoms with Gasteiger partial charge in [0, 0.05) is 44.9 Å². The van der Waals surface area contributed by atoms with E-state index in [1.165, 1.54) is 19.1 Å². The predicted octanol–water partition coefficient (Wildman–Crippen LogP) is 3.99. The summed E-state index contributed by atoms with van der Waals surface area (Å²) in [7, 11) is -3.08. The summed E-state index contributed by atoms with van der Waals surface area (Å²) in [5, 5.41) is 6.32. The molecular weight excluding hydrogens is 565 g/mol. The third-order valence-electron chi connectivity index (χ3n) is 8.19. The van der Waals surface area contributed by atoms with Gasteiger partial charge in [0.15, 0.2) is 20.8 Å². The van der Waals surface area contributed by atoms with Crippen LogP contribution in [0, 0.1) is 24.6 Å². The summed E-state index contributed by atoms with van der Waals surface area (Å²) in [6.07, 6.45) is 4.00. The molecule has 0 bridgehead atoms. The van der Waals surface area contributed by atoms with Gasteiger partial charge in [-0.05, 0) is 75.2 Å². The molecule has 2 aliphatic heterocycles. The monoisotopic (exact) mass is 607 g/mol. The van der Waals surface area contributed by atoms with E-state index in [1.807, 2.05) is 12.1 Å². The van der Waals surface area contributed by atoms with Crippen molar-refractivity contribution in [2.75, 3.05) is 56.1 Å². The number of amides is 2. The molecule has 4 rings (SSSR count). The second-order valence-corrected chi connectivity index (χ2v) is 14.9. The molecule has 0 radical (unpaired) electrons. The molecule has 2 N–H and O–H groups in total. The molecule has 1 aromatic heterocycles. The lowest BCUT2D eigenvalue weighted by Crippen LogP contribution is -2.57. The number of likely N-dealkylation sites (tertiary alicyclic amines) is 2. The number of piperidine rings is 2. The lowest BCUT2D eigenvalue weighted by atomic mass is 9.87. The van der Waals surface area contributed by atoms with Crippen LogP contribution in [-0.4, -0.2) is 91.8 Å². The third-order valence-corrected chi connectivity index (χ3v) is 11.0. The van der Waals surface area contributed by atoms with Crippen molar-refractivity contribution in [3.8, 4) is 0 Å². The predicted molar refractivity (Wildman–Crippen MR) is 161 cm³/mol. The maximum Gasteiger partial charge on any atom is 0.321 e. The van der Waals surface area contributed by atoms with Crippen molar-refractivity contribution in [3.63, 3.8) is 0 Å². The van der Waals surface area contributed by atoms with Crippen molar-refractivity contribution in [2.24, 2.45) is 11.8 Å². The minimum atomic E-state index is -3.08. The molecule has 0 saturated carbocycles. The number of Topliss-reactive ketones (excluding diaryl/α,β-unsaturated/α-hetero) is 1. The number of anilines is 1. The summed E-state index contributed by atoms with van der Waals surface area (Å²) in [5.41, 5.74) is 1.74. The number of nitrogens with one attached hydrogen (secondary N) is 2. The highest BCUT2D eigenvalue weighted by atomic mass is 32.2. The van der Waals surface area contributed by atoms with Crippen LogP contribution >= 0.6 is 11.3 Å². The average molecular weight is 608 g/mol. The van der Waals surface area contributed by atoms with E-state index in [1.54, 1.807) is 13.8 Å². The second kappa shape index (κ2) is 14.2. The first-order chi connectivity index (χ1) is 19.5. The first kappa shape index (κ1) is 31.5. The molecule has 3 heterocycles. The van der Waals surface area contributed by atoms with Crippen LogP contribution in [0.15, 0.2) is 24.3 Å². The zero-order valence-corrected chi connectivity index (χ0v) is 25.8. The zero-order chi connectivity index (χ0) is 29.6. The van der Waals surface area contributed by atoms with Crippen LogP contribution in [0.3, 0.4) is 0 Å². The van der Waals surface area contributed by atoms with Crippen molar-refractivity contribution in [2.45, 2.75) is 52.5 Å². The first-order valence-electron chi connectivity index (χ1n) is 14.5. The fourth-order valence-corrected chi connectivity index (χ4v) is 7.59. The van der Waals surface area contributed by atoms with Crippen LogP contribution in [0.25, 0.3) is 0 Å². The number of carbonyl (C=O) groups is 2. The summed E-state index contributed by atoms with van der Waals surface area (Å²) in [6.45, 7) is 9.49. The van der Waals surface area contributed by atoms with Gasteiger partial charge in [-0.2, -0.15) is 0 Å². The smallest absolute Gasteiger partial charge is 0.321 e. The van der Waals surface area contributed by atoms with Gasteiger partial charge in [-0.1, -0.05) is 30.4 Å². The third kappa shape index (κ3) is 9.29. The van der Waals surface area contributed by atoms with Crippen LogP contribution in [0.4, 0.5) is 14.3 Å². The Bertz CT molecular complexity index is 1300. The van der Waals surface area contributed by atoms with E-state index in [0.29, 0.717) is 34.7 Å². The highest BCUT2D eigenvalue weighted by Gasteiger charge is 2.33. The Morgan fingerprint density at radius 2 is 1.88 bits per heavy atom. The van der Waals surface area contributed by atoms with Gasteiger partial charge in [0.2, 0.25) is 0 Å². The minimum Gasteiger partial charge on any atom is -0.333 e. The molecule has 2 saturated heterocycles. The van der Waals surface area contributed by atoms with Gasteiger partial charge in [-0.15, -0.1) is 0 Å². The molecule has 0 aliphatic carbocycles. The largest absolute Gasteiger partial charge is 0.333 e. The molecule has 12 heteroatoms. The molecule has 2 amide bonds. The van der Waals surface area contributed by atoms with E-state index in [9.17, 15) is 22.4 Å². The normalized spacial score (nSPS) is 22.4. The molecule has 226 valence electrons. The lowest BCUT2D eigenvalue weighted by Gasteiger charge is -2.42. The van der Waals surface area contributed by atoms with E-state index in [-0.39, 0.29) is 41.1 Å². The standard InChI is InChI=1S/C29H42FN5O4S2/c1-4-41(38,39)15-14-34-13-11-24(18-35-12-5-6-23(17-35)16-22-7-9-25(30)10-8-22)26(19-34)32-28(37)33-29-31-20(2)27(40-29)21(3)36/h7-10,23-24,26H,4-6,11-19H2,1-3H3,(H2,31,32,33,37)/t23?,24-,26-/m0/s1. The van der Waals surface area contributed by atoms with Crippen LogP contribution in [0.1, 0.15) is 54.0 Å². The molecule has 1 aromatic carbocycles. The van der Waals surface area contributed by atoms with Gasteiger partial charge in [0.05, 0.1) is 16.3 Å². The number of hydrogen-bond acceptors (Lipinski definition) is 8. The number of ketones is 1. The number of thiazole rings is 1. The Morgan fingerprint density at radius 1 is 1.12 bits per heavy atom. The molecule has 41 heavy (non-hydrogen) atoms. The van der Waals surface area contributed by atoms with Gasteiger partial charge in [0.25, 0.3) is 0 Å². The van der Waals surface area contributed by atoms with Crippen LogP contribution < -0.4 is 10.6 Å². The number of nitrogens with zero attached hydrogens (tertiary/aromatic N) is 3. The highest BCUT2D eigenvalue weighted by Crippen LogP contribution is 2.26. The number of benzene rings is 1. The van der Waals surface area contributed by atoms with Gasteiger partial charge in [0.1, 0.15) is 5.82 Å². The molecule has 3 atom stereocenters. The van der Waals surface area contributed by atoms with Gasteiger partial charge < -0.3 is 15.1 Å². The number of rotatable bonds is 11. The van der Waals surface area contributed by atoms with Crippen LogP contribution in [-0.2, 0) is 16.3 Å². The number of aryl methyl sites for hydroxylation is 1. The Morgan fingerprint density at radius 3 is 2.56 bits per heavy atom. The number of urea groups is 1. The number of aromatic nitrogens is 1. The fraction of sp³-hybridized carbons (Fsp3) is 0.621. The number of halogens is 1. The van der Waals surface area contributed by atoms with Crippen molar-refractivity contribution in [3.05, 3.63) is 46.2 Å². The van der Waals surface area contributed by atoms with Crippen molar-refractivity contribution < 1.29 is 22.4 Å². The minimum absolute atomic E-state index is 0.0854. The van der Waals surface area contributed by atoms with Gasteiger partial charge >= 0.3 is 6.03 Å². The van der Waals surface area contributed by atoms with Crippen molar-refractivity contribution in [1.29, 1.82) is 0 Å². The number of carbonyl (C=O) groups excluding carboxylic acids is 2. The average Bonchev–Trinajstić information content (AvgIpc) is 3.30. The maximum atomic E-state index is 13.3. The van der Waals surface area contributed by atoms with Crippen LogP contribution in [0.5, 0.6) is 0 Å². The van der Waals surface area contributed by atoms with Crippen molar-refractivity contribution in [1.82, 2.24) is 20.1 Å². The second-order valence-electron chi connectivity index (χ2n) is 11.4. The molecule has 2 aromatic rings. The molecule has 2 fully saturated rings. The van der Waals surface area contributed by atoms with Gasteiger partial charge in [-0.25, -0.2) is 22.6 Å². The first-order valence-corrected chi connectivity index (χ1v) is 17.1. The molecule has 0 spiro atoms. The van der Waals surface area contributed by atoms with Crippen LogP contribution in [0.2, 0.25) is 0 Å². The van der Waals surface area contributed by atoms with E-state index >= 15 is 0 Å². The molecule has 2 aliphatic rings. The highest BCUT2D eigenvalue weighted by molar-refractivity contribution is 7.91. The summed E-state index contributed by atoms with van der Waals surface area (Å²) in [6, 6.07) is 6.23. The molecule has 9 nitrogen and oxygen atoms in total. The van der Waals surface area contributed by atoms with Crippen molar-refractivity contribution >= 4 is 38.1 Å². The number of sulfone groups is 1. The maximum absolute atomic E-state index is 13.3. The fourth-order valence-electron chi connectivity index (χ4n) is 5.91. The zero-order valence-electron chi connectivity index (χ0n) is 24.2. The van der Waals surface area contributed by atoms with Gasteiger partial charge in [-0.3, -0.25) is 10.1 Å². The quantitative estimate of drug-likeness (QED) is 0.372.